The Hall–Kier alpha value is -2.12. The van der Waals surface area contributed by atoms with Gasteiger partial charge in [0.1, 0.15) is 0 Å². The van der Waals surface area contributed by atoms with Gasteiger partial charge in [0.2, 0.25) is 0 Å². The second-order valence-electron chi connectivity index (χ2n) is 12.1. The lowest BCUT2D eigenvalue weighted by Gasteiger charge is -2.31. The SMILES string of the molecule is CCCCCCCCCCCC(CCCC(CCCCCCCCCCC)(C(=O)OC)C(=O)OC)(C(=O)OC)C(=O)OC. The van der Waals surface area contributed by atoms with Gasteiger partial charge in [-0.25, -0.2) is 0 Å². The van der Waals surface area contributed by atoms with E-state index in [0.29, 0.717) is 25.7 Å². The minimum Gasteiger partial charge on any atom is -0.468 e. The van der Waals surface area contributed by atoms with E-state index >= 15 is 0 Å². The fourth-order valence-corrected chi connectivity index (χ4v) is 6.18. The maximum atomic E-state index is 13.1. The number of esters is 4. The van der Waals surface area contributed by atoms with Gasteiger partial charge in [-0.2, -0.15) is 0 Å². The van der Waals surface area contributed by atoms with Crippen molar-refractivity contribution in [3.63, 3.8) is 0 Å². The molecule has 252 valence electrons. The highest BCUT2D eigenvalue weighted by molar-refractivity contribution is 6.01. The van der Waals surface area contributed by atoms with Crippen molar-refractivity contribution in [1.29, 1.82) is 0 Å². The van der Waals surface area contributed by atoms with Crippen LogP contribution in [-0.2, 0) is 38.1 Å². The first-order valence-electron chi connectivity index (χ1n) is 17.1. The summed E-state index contributed by atoms with van der Waals surface area (Å²) in [4.78, 5) is 52.3. The smallest absolute Gasteiger partial charge is 0.323 e. The molecule has 8 nitrogen and oxygen atoms in total. The molecule has 0 aromatic heterocycles. The van der Waals surface area contributed by atoms with Gasteiger partial charge in [0.25, 0.3) is 0 Å². The Morgan fingerprint density at radius 1 is 0.349 bits per heavy atom. The molecule has 8 heteroatoms. The number of unbranched alkanes of at least 4 members (excludes halogenated alkanes) is 16. The van der Waals surface area contributed by atoms with E-state index in [-0.39, 0.29) is 19.3 Å². The van der Waals surface area contributed by atoms with Crippen molar-refractivity contribution in [3.8, 4) is 0 Å². The summed E-state index contributed by atoms with van der Waals surface area (Å²) < 4.78 is 20.4. The molecule has 0 heterocycles. The molecule has 0 radical (unpaired) electrons. The highest BCUT2D eigenvalue weighted by atomic mass is 16.6. The Labute approximate surface area is 262 Å². The van der Waals surface area contributed by atoms with E-state index in [2.05, 4.69) is 13.8 Å². The Bertz CT molecular complexity index is 669. The van der Waals surface area contributed by atoms with Crippen LogP contribution in [0.25, 0.3) is 0 Å². The normalized spacial score (nSPS) is 11.7. The van der Waals surface area contributed by atoms with Crippen molar-refractivity contribution in [1.82, 2.24) is 0 Å². The molecule has 0 rings (SSSR count). The summed E-state index contributed by atoms with van der Waals surface area (Å²) in [5.74, 6) is -2.56. The lowest BCUT2D eigenvalue weighted by atomic mass is 9.73. The van der Waals surface area contributed by atoms with Crippen LogP contribution in [0.4, 0.5) is 0 Å². The van der Waals surface area contributed by atoms with Crippen LogP contribution < -0.4 is 0 Å². The lowest BCUT2D eigenvalue weighted by Crippen LogP contribution is -2.44. The standard InChI is InChI=1S/C35H64O8/c1-7-9-11-13-15-17-19-21-23-26-34(30(36)40-3,31(37)41-4)28-25-29-35(32(38)42-5,33(39)43-6)27-24-22-20-18-16-14-12-10-8-2/h7-29H2,1-6H3. The van der Waals surface area contributed by atoms with Crippen LogP contribution in [0.5, 0.6) is 0 Å². The summed E-state index contributed by atoms with van der Waals surface area (Å²) in [5.41, 5.74) is -2.97. The molecule has 0 aliphatic heterocycles. The van der Waals surface area contributed by atoms with Gasteiger partial charge < -0.3 is 18.9 Å². The predicted octanol–water partition coefficient (Wildman–Crippen LogP) is 8.66. The molecule has 0 aromatic carbocycles. The van der Waals surface area contributed by atoms with Crippen LogP contribution >= 0.6 is 0 Å². The summed E-state index contributed by atoms with van der Waals surface area (Å²) in [6.07, 6.45) is 20.9. The van der Waals surface area contributed by atoms with Crippen molar-refractivity contribution < 1.29 is 38.1 Å². The van der Waals surface area contributed by atoms with Crippen LogP contribution in [0.1, 0.15) is 162 Å². The van der Waals surface area contributed by atoms with Gasteiger partial charge in [-0.15, -0.1) is 0 Å². The molecule has 0 amide bonds. The van der Waals surface area contributed by atoms with Crippen LogP contribution in [0.2, 0.25) is 0 Å². The van der Waals surface area contributed by atoms with E-state index in [0.717, 1.165) is 38.5 Å². The molecule has 0 atom stereocenters. The average molecular weight is 613 g/mol. The zero-order chi connectivity index (χ0) is 32.4. The molecule has 0 bridgehead atoms. The molecule has 0 aromatic rings. The van der Waals surface area contributed by atoms with Gasteiger partial charge in [-0.3, -0.25) is 19.2 Å². The van der Waals surface area contributed by atoms with Gasteiger partial charge in [0.05, 0.1) is 28.4 Å². The molecule has 0 saturated carbocycles. The molecule has 0 aliphatic carbocycles. The van der Waals surface area contributed by atoms with Gasteiger partial charge in [0, 0.05) is 0 Å². The van der Waals surface area contributed by atoms with Crippen LogP contribution in [0, 0.1) is 10.8 Å². The number of ether oxygens (including phenoxy) is 4. The molecule has 43 heavy (non-hydrogen) atoms. The number of hydrogen-bond donors (Lipinski definition) is 0. The van der Waals surface area contributed by atoms with Gasteiger partial charge in [-0.1, -0.05) is 129 Å². The molecular weight excluding hydrogens is 548 g/mol. The van der Waals surface area contributed by atoms with Crippen molar-refractivity contribution in [2.45, 2.75) is 162 Å². The highest BCUT2D eigenvalue weighted by Crippen LogP contribution is 2.40. The summed E-state index contributed by atoms with van der Waals surface area (Å²) in [5, 5.41) is 0. The second kappa shape index (κ2) is 25.2. The Kier molecular flexibility index (Phi) is 24.0. The first-order chi connectivity index (χ1) is 20.8. The molecule has 0 spiro atoms. The third-order valence-corrected chi connectivity index (χ3v) is 8.93. The highest BCUT2D eigenvalue weighted by Gasteiger charge is 2.51. The minimum atomic E-state index is -1.49. The maximum Gasteiger partial charge on any atom is 0.323 e. The van der Waals surface area contributed by atoms with E-state index in [1.165, 1.54) is 92.6 Å². The number of carbonyl (C=O) groups excluding carboxylic acids is 4. The van der Waals surface area contributed by atoms with Crippen molar-refractivity contribution in [3.05, 3.63) is 0 Å². The fraction of sp³-hybridized carbons (Fsp3) is 0.886. The molecule has 0 fully saturated rings. The Balaban J connectivity index is 5.41. The van der Waals surface area contributed by atoms with Crippen molar-refractivity contribution in [2.75, 3.05) is 28.4 Å². The molecule has 0 unspecified atom stereocenters. The molecule has 0 N–H and O–H groups in total. The Morgan fingerprint density at radius 2 is 0.558 bits per heavy atom. The molecule has 0 saturated heterocycles. The summed E-state index contributed by atoms with van der Waals surface area (Å²) >= 11 is 0. The first kappa shape index (κ1) is 40.9. The summed E-state index contributed by atoms with van der Waals surface area (Å²) in [6, 6.07) is 0. The lowest BCUT2D eigenvalue weighted by molar-refractivity contribution is -0.171. The van der Waals surface area contributed by atoms with Gasteiger partial charge in [0.15, 0.2) is 10.8 Å². The monoisotopic (exact) mass is 612 g/mol. The van der Waals surface area contributed by atoms with E-state index in [9.17, 15) is 19.2 Å². The Morgan fingerprint density at radius 3 is 0.791 bits per heavy atom. The zero-order valence-corrected chi connectivity index (χ0v) is 28.5. The fourth-order valence-electron chi connectivity index (χ4n) is 6.18. The van der Waals surface area contributed by atoms with Gasteiger partial charge >= 0.3 is 23.9 Å². The van der Waals surface area contributed by atoms with Crippen molar-refractivity contribution in [2.24, 2.45) is 10.8 Å². The number of methoxy groups -OCH3 is 4. The largest absolute Gasteiger partial charge is 0.468 e. The van der Waals surface area contributed by atoms with Crippen LogP contribution in [0.3, 0.4) is 0 Å². The third kappa shape index (κ3) is 14.9. The topological polar surface area (TPSA) is 105 Å². The summed E-state index contributed by atoms with van der Waals surface area (Å²) in [6.45, 7) is 4.41. The van der Waals surface area contributed by atoms with Crippen molar-refractivity contribution >= 4 is 23.9 Å². The summed E-state index contributed by atoms with van der Waals surface area (Å²) in [7, 11) is 5.08. The number of carbonyl (C=O) groups is 4. The average Bonchev–Trinajstić information content (AvgIpc) is 3.03. The zero-order valence-electron chi connectivity index (χ0n) is 28.5. The van der Waals surface area contributed by atoms with E-state index in [1.54, 1.807) is 0 Å². The number of hydrogen-bond acceptors (Lipinski definition) is 8. The first-order valence-corrected chi connectivity index (χ1v) is 17.1. The second-order valence-corrected chi connectivity index (χ2v) is 12.1. The van der Waals surface area contributed by atoms with Crippen LogP contribution in [0.15, 0.2) is 0 Å². The molecule has 0 aliphatic rings. The van der Waals surface area contributed by atoms with Crippen LogP contribution in [-0.4, -0.2) is 52.3 Å². The minimum absolute atomic E-state index is 0.108. The quantitative estimate of drug-likeness (QED) is 0.0374. The maximum absolute atomic E-state index is 13.1. The van der Waals surface area contributed by atoms with Gasteiger partial charge in [-0.05, 0) is 32.1 Å². The van der Waals surface area contributed by atoms with E-state index in [1.807, 2.05) is 0 Å². The predicted molar refractivity (Wildman–Crippen MR) is 170 cm³/mol. The van der Waals surface area contributed by atoms with E-state index < -0.39 is 34.7 Å². The third-order valence-electron chi connectivity index (χ3n) is 8.93. The number of rotatable bonds is 28. The molecular formula is C35H64O8. The van der Waals surface area contributed by atoms with E-state index in [4.69, 9.17) is 18.9 Å².